The molecular weight excluding hydrogens is 341 g/mol. The van der Waals surface area contributed by atoms with Gasteiger partial charge in [0.05, 0.1) is 0 Å². The number of benzene rings is 2. The first-order chi connectivity index (χ1) is 13.0. The molecule has 1 fully saturated rings. The summed E-state index contributed by atoms with van der Waals surface area (Å²) in [7, 11) is 0. The van der Waals surface area contributed by atoms with E-state index in [1.54, 1.807) is 19.1 Å². The minimum atomic E-state index is -0.311. The van der Waals surface area contributed by atoms with Gasteiger partial charge in [0.2, 0.25) is 0 Å². The van der Waals surface area contributed by atoms with Gasteiger partial charge in [0.15, 0.2) is 0 Å². The van der Waals surface area contributed by atoms with Crippen molar-refractivity contribution in [1.29, 1.82) is 0 Å². The molecule has 1 saturated heterocycles. The van der Waals surface area contributed by atoms with Gasteiger partial charge >= 0.3 is 6.03 Å². The van der Waals surface area contributed by atoms with Crippen LogP contribution in [0.1, 0.15) is 29.5 Å². The number of likely N-dealkylation sites (tertiary alicyclic amines) is 1. The van der Waals surface area contributed by atoms with Gasteiger partial charge in [-0.05, 0) is 74.5 Å². The topological polar surface area (TPSA) is 44.4 Å². The van der Waals surface area contributed by atoms with Crippen molar-refractivity contribution in [2.75, 3.05) is 25.0 Å². The van der Waals surface area contributed by atoms with E-state index in [1.165, 1.54) is 17.2 Å². The molecule has 0 unspecified atom stereocenters. The Morgan fingerprint density at radius 1 is 1.11 bits per heavy atom. The number of halogens is 1. The van der Waals surface area contributed by atoms with Crippen molar-refractivity contribution in [2.24, 2.45) is 5.92 Å². The SMILES string of the molecule is Cc1ccc(NC(=O)NCC2CCN(Cc3ccccc3C)CC2)cc1F. The molecule has 0 aromatic heterocycles. The predicted molar refractivity (Wildman–Crippen MR) is 107 cm³/mol. The molecule has 5 heteroatoms. The smallest absolute Gasteiger partial charge is 0.319 e. The van der Waals surface area contributed by atoms with Gasteiger partial charge in [0.1, 0.15) is 5.82 Å². The number of anilines is 1. The lowest BCUT2D eigenvalue weighted by molar-refractivity contribution is 0.175. The number of nitrogens with one attached hydrogen (secondary N) is 2. The van der Waals surface area contributed by atoms with Gasteiger partial charge in [-0.25, -0.2) is 9.18 Å². The van der Waals surface area contributed by atoms with Gasteiger partial charge in [0.25, 0.3) is 0 Å². The molecule has 1 aliphatic rings. The molecule has 0 atom stereocenters. The van der Waals surface area contributed by atoms with Crippen LogP contribution < -0.4 is 10.6 Å². The van der Waals surface area contributed by atoms with E-state index in [2.05, 4.69) is 46.7 Å². The van der Waals surface area contributed by atoms with Crippen LogP contribution in [-0.4, -0.2) is 30.6 Å². The van der Waals surface area contributed by atoms with Gasteiger partial charge in [0, 0.05) is 18.8 Å². The molecule has 2 aromatic rings. The van der Waals surface area contributed by atoms with Crippen molar-refractivity contribution >= 4 is 11.7 Å². The zero-order valence-corrected chi connectivity index (χ0v) is 16.1. The summed E-state index contributed by atoms with van der Waals surface area (Å²) in [5.74, 6) is 0.174. The van der Waals surface area contributed by atoms with Gasteiger partial charge in [-0.1, -0.05) is 30.3 Å². The second-order valence-electron chi connectivity index (χ2n) is 7.44. The van der Waals surface area contributed by atoms with Crippen molar-refractivity contribution in [1.82, 2.24) is 10.2 Å². The predicted octanol–water partition coefficient (Wildman–Crippen LogP) is 4.48. The molecule has 27 heavy (non-hydrogen) atoms. The molecule has 144 valence electrons. The molecule has 2 amide bonds. The highest BCUT2D eigenvalue weighted by Crippen LogP contribution is 2.20. The summed E-state index contributed by atoms with van der Waals surface area (Å²) >= 11 is 0. The van der Waals surface area contributed by atoms with Crippen LogP contribution in [0, 0.1) is 25.6 Å². The molecule has 1 aliphatic heterocycles. The summed E-state index contributed by atoms with van der Waals surface area (Å²) in [6, 6.07) is 13.0. The van der Waals surface area contributed by atoms with E-state index >= 15 is 0 Å². The molecule has 2 aromatic carbocycles. The van der Waals surface area contributed by atoms with Crippen LogP contribution in [0.3, 0.4) is 0 Å². The van der Waals surface area contributed by atoms with E-state index in [0.29, 0.717) is 23.7 Å². The number of carbonyl (C=O) groups is 1. The maximum absolute atomic E-state index is 13.5. The highest BCUT2D eigenvalue weighted by molar-refractivity contribution is 5.89. The average Bonchev–Trinajstić information content (AvgIpc) is 2.66. The number of carbonyl (C=O) groups excluding carboxylic acids is 1. The monoisotopic (exact) mass is 369 g/mol. The van der Waals surface area contributed by atoms with E-state index in [4.69, 9.17) is 0 Å². The molecule has 4 nitrogen and oxygen atoms in total. The normalized spacial score (nSPS) is 15.5. The molecule has 3 rings (SSSR count). The number of hydrogen-bond acceptors (Lipinski definition) is 2. The molecule has 0 radical (unpaired) electrons. The van der Waals surface area contributed by atoms with Gasteiger partial charge in [-0.15, -0.1) is 0 Å². The van der Waals surface area contributed by atoms with Crippen molar-refractivity contribution < 1.29 is 9.18 Å². The molecule has 1 heterocycles. The number of piperidine rings is 1. The van der Waals surface area contributed by atoms with Crippen LogP contribution in [0.5, 0.6) is 0 Å². The minimum Gasteiger partial charge on any atom is -0.338 e. The number of amides is 2. The maximum Gasteiger partial charge on any atom is 0.319 e. The summed E-state index contributed by atoms with van der Waals surface area (Å²) in [4.78, 5) is 14.5. The summed E-state index contributed by atoms with van der Waals surface area (Å²) < 4.78 is 13.5. The first-order valence-corrected chi connectivity index (χ1v) is 9.59. The second kappa shape index (κ2) is 9.00. The lowest BCUT2D eigenvalue weighted by Crippen LogP contribution is -2.39. The lowest BCUT2D eigenvalue weighted by Gasteiger charge is -2.32. The second-order valence-corrected chi connectivity index (χ2v) is 7.44. The molecule has 0 spiro atoms. The number of hydrogen-bond donors (Lipinski definition) is 2. The lowest BCUT2D eigenvalue weighted by atomic mass is 9.96. The van der Waals surface area contributed by atoms with E-state index < -0.39 is 0 Å². The fourth-order valence-electron chi connectivity index (χ4n) is 3.46. The Hall–Kier alpha value is -2.40. The third kappa shape index (κ3) is 5.54. The molecule has 2 N–H and O–H groups in total. The van der Waals surface area contributed by atoms with Crippen LogP contribution in [0.15, 0.2) is 42.5 Å². The van der Waals surface area contributed by atoms with Crippen molar-refractivity contribution in [2.45, 2.75) is 33.2 Å². The Balaban J connectivity index is 1.39. The third-order valence-electron chi connectivity index (χ3n) is 5.34. The molecule has 0 aliphatic carbocycles. The first-order valence-electron chi connectivity index (χ1n) is 9.59. The van der Waals surface area contributed by atoms with Crippen molar-refractivity contribution in [3.63, 3.8) is 0 Å². The van der Waals surface area contributed by atoms with E-state index in [0.717, 1.165) is 32.5 Å². The van der Waals surface area contributed by atoms with E-state index in [-0.39, 0.29) is 11.8 Å². The van der Waals surface area contributed by atoms with Gasteiger partial charge in [-0.2, -0.15) is 0 Å². The Bertz CT molecular complexity index is 785. The van der Waals surface area contributed by atoms with Gasteiger partial charge < -0.3 is 10.6 Å². The van der Waals surface area contributed by atoms with Crippen LogP contribution >= 0.6 is 0 Å². The van der Waals surface area contributed by atoms with Crippen molar-refractivity contribution in [3.8, 4) is 0 Å². The van der Waals surface area contributed by atoms with E-state index in [9.17, 15) is 9.18 Å². The summed E-state index contributed by atoms with van der Waals surface area (Å²) in [6.45, 7) is 7.59. The average molecular weight is 369 g/mol. The van der Waals surface area contributed by atoms with Crippen LogP contribution in [0.25, 0.3) is 0 Å². The van der Waals surface area contributed by atoms with Gasteiger partial charge in [-0.3, -0.25) is 4.90 Å². The van der Waals surface area contributed by atoms with Crippen LogP contribution in [-0.2, 0) is 6.54 Å². The number of aryl methyl sites for hydroxylation is 2. The highest BCUT2D eigenvalue weighted by atomic mass is 19.1. The third-order valence-corrected chi connectivity index (χ3v) is 5.34. The molecule has 0 bridgehead atoms. The fourth-order valence-corrected chi connectivity index (χ4v) is 3.46. The van der Waals surface area contributed by atoms with Crippen molar-refractivity contribution in [3.05, 3.63) is 65.0 Å². The summed E-state index contributed by atoms with van der Waals surface area (Å²) in [5, 5.41) is 5.61. The Kier molecular flexibility index (Phi) is 6.45. The zero-order chi connectivity index (χ0) is 19.2. The maximum atomic E-state index is 13.5. The van der Waals surface area contributed by atoms with Crippen LogP contribution in [0.4, 0.5) is 14.9 Å². The number of urea groups is 1. The largest absolute Gasteiger partial charge is 0.338 e. The number of rotatable bonds is 5. The minimum absolute atomic E-state index is 0.277. The summed E-state index contributed by atoms with van der Waals surface area (Å²) in [5.41, 5.74) is 3.77. The Morgan fingerprint density at radius 2 is 1.85 bits per heavy atom. The standard InChI is InChI=1S/C22H28FN3O/c1-16-5-3-4-6-19(16)15-26-11-9-18(10-12-26)14-24-22(27)25-20-8-7-17(2)21(23)13-20/h3-8,13,18H,9-12,14-15H2,1-2H3,(H2,24,25,27). The number of nitrogens with zero attached hydrogens (tertiary/aromatic N) is 1. The van der Waals surface area contributed by atoms with Crippen LogP contribution in [0.2, 0.25) is 0 Å². The molecular formula is C22H28FN3O. The van der Waals surface area contributed by atoms with E-state index in [1.807, 2.05) is 0 Å². The highest BCUT2D eigenvalue weighted by Gasteiger charge is 2.20. The first kappa shape index (κ1) is 19.4. The Labute approximate surface area is 160 Å². The quantitative estimate of drug-likeness (QED) is 0.816. The molecule has 0 saturated carbocycles. The fraction of sp³-hybridized carbons (Fsp3) is 0.409. The Morgan fingerprint density at radius 3 is 2.56 bits per heavy atom. The zero-order valence-electron chi connectivity index (χ0n) is 16.1. The summed E-state index contributed by atoms with van der Waals surface area (Å²) in [6.07, 6.45) is 2.15.